The van der Waals surface area contributed by atoms with Crippen LogP contribution in [0.25, 0.3) is 5.53 Å². The maximum absolute atomic E-state index is 13.0. The van der Waals surface area contributed by atoms with Crippen LogP contribution in [0.15, 0.2) is 0 Å². The van der Waals surface area contributed by atoms with Gasteiger partial charge in [0, 0.05) is 13.0 Å². The molecule has 3 atom stereocenters. The molecule has 0 radical (unpaired) electrons. The lowest BCUT2D eigenvalue weighted by molar-refractivity contribution is -0.176. The van der Waals surface area contributed by atoms with Crippen molar-refractivity contribution >= 4 is 45.7 Å². The zero-order chi connectivity index (χ0) is 23.3. The third kappa shape index (κ3) is 6.16. The molecule has 2 heterocycles. The lowest BCUT2D eigenvalue weighted by atomic mass is 10.0. The Hall–Kier alpha value is -3.16. The number of fused-ring (bicyclic) bond motifs is 1. The summed E-state index contributed by atoms with van der Waals surface area (Å²) >= 11 is 0. The Morgan fingerprint density at radius 2 is 2.00 bits per heavy atom. The van der Waals surface area contributed by atoms with Gasteiger partial charge in [0.05, 0.1) is 12.7 Å². The number of Topliss-reactive ketones (excluding diaryl/α,β-unsaturated/α-hetero) is 1. The molecule has 14 nitrogen and oxygen atoms in total. The van der Waals surface area contributed by atoms with Gasteiger partial charge in [-0.1, -0.05) is 0 Å². The van der Waals surface area contributed by atoms with Crippen LogP contribution < -0.4 is 10.0 Å². The average molecular weight is 458 g/mol. The molecule has 0 bridgehead atoms. The summed E-state index contributed by atoms with van der Waals surface area (Å²) in [5, 5.41) is 13.1. The number of nitrogens with zero attached hydrogens (tertiary/aromatic N) is 4. The minimum absolute atomic E-state index is 0.0923. The van der Waals surface area contributed by atoms with Gasteiger partial charge in [-0.25, -0.2) is 18.1 Å². The normalized spacial score (nSPS) is 22.6. The zero-order valence-corrected chi connectivity index (χ0v) is 17.4. The predicted molar refractivity (Wildman–Crippen MR) is 101 cm³/mol. The summed E-state index contributed by atoms with van der Waals surface area (Å²) in [7, 11) is -3.79. The number of carbonyl (C=O) groups is 5. The number of ketones is 1. The second-order valence-electron chi connectivity index (χ2n) is 7.14. The lowest BCUT2D eigenvalue weighted by Crippen LogP contribution is -2.64. The Morgan fingerprint density at radius 3 is 2.58 bits per heavy atom. The molecule has 0 saturated carbocycles. The Morgan fingerprint density at radius 1 is 1.32 bits per heavy atom. The van der Waals surface area contributed by atoms with Gasteiger partial charge in [-0.15, -0.1) is 0 Å². The smallest absolute Gasteiger partial charge is 0.325 e. The van der Waals surface area contributed by atoms with Crippen LogP contribution in [0, 0.1) is 0 Å². The van der Waals surface area contributed by atoms with Crippen molar-refractivity contribution in [2.75, 3.05) is 12.8 Å². The minimum atomic E-state index is -3.79. The molecule has 0 aromatic carbocycles. The number of nitrogens with one attached hydrogen (secondary N) is 2. The largest absolute Gasteiger partial charge is 0.481 e. The highest BCUT2D eigenvalue weighted by molar-refractivity contribution is 7.88. The lowest BCUT2D eigenvalue weighted by Gasteiger charge is -2.43. The van der Waals surface area contributed by atoms with Crippen LogP contribution in [-0.2, 0) is 34.0 Å². The highest BCUT2D eigenvalue weighted by atomic mass is 32.2. The first-order chi connectivity index (χ1) is 14.4. The minimum Gasteiger partial charge on any atom is -0.481 e. The second kappa shape index (κ2) is 9.76. The van der Waals surface area contributed by atoms with Crippen LogP contribution >= 0.6 is 0 Å². The molecule has 170 valence electrons. The van der Waals surface area contributed by atoms with Crippen molar-refractivity contribution in [2.45, 2.75) is 50.2 Å². The van der Waals surface area contributed by atoms with Gasteiger partial charge in [0.25, 0.3) is 11.7 Å². The van der Waals surface area contributed by atoms with Crippen molar-refractivity contribution < 1.29 is 42.3 Å². The summed E-state index contributed by atoms with van der Waals surface area (Å²) in [4.78, 5) is 63.9. The van der Waals surface area contributed by atoms with E-state index in [1.807, 2.05) is 0 Å². The molecule has 2 rings (SSSR count). The monoisotopic (exact) mass is 458 g/mol. The van der Waals surface area contributed by atoms with Crippen molar-refractivity contribution in [3.63, 3.8) is 0 Å². The van der Waals surface area contributed by atoms with E-state index in [0.29, 0.717) is 12.6 Å². The summed E-state index contributed by atoms with van der Waals surface area (Å²) in [6, 6.07) is -4.11. The first kappa shape index (κ1) is 24.1. The number of aliphatic carboxylic acids is 1. The molecular formula is C16H22N6O8S. The number of amides is 3. The molecule has 0 aromatic rings. The van der Waals surface area contributed by atoms with E-state index in [4.69, 9.17) is 10.6 Å². The molecule has 2 saturated heterocycles. The molecule has 2 aliphatic heterocycles. The van der Waals surface area contributed by atoms with Crippen LogP contribution in [0.1, 0.15) is 32.1 Å². The molecule has 0 spiro atoms. The van der Waals surface area contributed by atoms with Gasteiger partial charge in [-0.3, -0.25) is 29.0 Å². The van der Waals surface area contributed by atoms with Gasteiger partial charge in [-0.2, -0.15) is 4.79 Å². The molecule has 2 fully saturated rings. The van der Waals surface area contributed by atoms with Crippen molar-refractivity contribution in [2.24, 2.45) is 0 Å². The van der Waals surface area contributed by atoms with Crippen LogP contribution in [0.2, 0.25) is 0 Å². The number of hydrogen-bond acceptors (Lipinski definition) is 7. The van der Waals surface area contributed by atoms with Gasteiger partial charge >= 0.3 is 12.2 Å². The average Bonchev–Trinajstić information content (AvgIpc) is 2.78. The number of hydrazine groups is 1. The Kier molecular flexibility index (Phi) is 7.60. The first-order valence-corrected chi connectivity index (χ1v) is 11.2. The summed E-state index contributed by atoms with van der Waals surface area (Å²) in [5.41, 5.74) is 8.51. The number of carboxylic acid groups (broad SMARTS) is 1. The molecule has 2 aliphatic rings. The van der Waals surface area contributed by atoms with Crippen molar-refractivity contribution in [3.05, 3.63) is 5.53 Å². The van der Waals surface area contributed by atoms with Crippen LogP contribution in [-0.4, -0.2) is 94.9 Å². The number of sulfonamides is 1. The van der Waals surface area contributed by atoms with Gasteiger partial charge < -0.3 is 16.0 Å². The van der Waals surface area contributed by atoms with Crippen molar-refractivity contribution in [1.29, 1.82) is 0 Å². The topological polar surface area (TPSA) is 207 Å². The van der Waals surface area contributed by atoms with Crippen molar-refractivity contribution in [3.8, 4) is 0 Å². The Bertz CT molecular complexity index is 944. The van der Waals surface area contributed by atoms with Gasteiger partial charge in [-0.05, 0) is 19.3 Å². The van der Waals surface area contributed by atoms with E-state index in [-0.39, 0.29) is 25.8 Å². The zero-order valence-electron chi connectivity index (χ0n) is 16.6. The van der Waals surface area contributed by atoms with E-state index in [9.17, 15) is 32.4 Å². The SMILES string of the molecule is CS(=O)(=O)NC1CCC(=O)N2CCCC(C(=O)NC(CC(=O)O)C(=O)C=[N+]=[N-])N2C1=O. The quantitative estimate of drug-likeness (QED) is 0.197. The van der Waals surface area contributed by atoms with E-state index in [2.05, 4.69) is 14.8 Å². The van der Waals surface area contributed by atoms with E-state index in [1.54, 1.807) is 0 Å². The molecule has 15 heteroatoms. The van der Waals surface area contributed by atoms with Crippen LogP contribution in [0.3, 0.4) is 0 Å². The molecule has 3 unspecified atom stereocenters. The molecule has 0 aliphatic carbocycles. The summed E-state index contributed by atoms with van der Waals surface area (Å²) in [6.07, 6.45) is 0.695. The van der Waals surface area contributed by atoms with Crippen LogP contribution in [0.4, 0.5) is 0 Å². The van der Waals surface area contributed by atoms with Gasteiger partial charge in [0.1, 0.15) is 18.1 Å². The number of rotatable bonds is 8. The van der Waals surface area contributed by atoms with Crippen molar-refractivity contribution in [1.82, 2.24) is 20.1 Å². The molecule has 31 heavy (non-hydrogen) atoms. The standard InChI is InChI=1S/C16H22N6O8S/c1-31(29,30)20-9-4-5-13(24)21-6-2-3-11(22(21)16(9)28)15(27)19-10(7-14(25)26)12(23)8-18-17/h8-11,20H,2-7H2,1H3,(H,19,27)(H,25,26). The number of carbonyl (C=O) groups excluding carboxylic acids is 4. The number of hydrogen-bond donors (Lipinski definition) is 3. The molecular weight excluding hydrogens is 436 g/mol. The Labute approximate surface area is 177 Å². The third-order valence-electron chi connectivity index (χ3n) is 4.74. The molecule has 3 N–H and O–H groups in total. The fourth-order valence-electron chi connectivity index (χ4n) is 3.45. The summed E-state index contributed by atoms with van der Waals surface area (Å²) < 4.78 is 25.4. The fourth-order valence-corrected chi connectivity index (χ4v) is 4.19. The van der Waals surface area contributed by atoms with E-state index < -0.39 is 64.0 Å². The summed E-state index contributed by atoms with van der Waals surface area (Å²) in [6.45, 7) is 0.134. The first-order valence-electron chi connectivity index (χ1n) is 9.28. The fraction of sp³-hybridized carbons (Fsp3) is 0.625. The van der Waals surface area contributed by atoms with Gasteiger partial charge in [0.15, 0.2) is 0 Å². The molecule has 0 aromatic heterocycles. The third-order valence-corrected chi connectivity index (χ3v) is 5.46. The highest BCUT2D eigenvalue weighted by Crippen LogP contribution is 2.25. The second-order valence-corrected chi connectivity index (χ2v) is 8.93. The van der Waals surface area contributed by atoms with Crippen LogP contribution in [0.5, 0.6) is 0 Å². The van der Waals surface area contributed by atoms with E-state index in [1.165, 1.54) is 0 Å². The maximum Gasteiger partial charge on any atom is 0.325 e. The number of carboxylic acids is 1. The van der Waals surface area contributed by atoms with E-state index >= 15 is 0 Å². The van der Waals surface area contributed by atoms with E-state index in [0.717, 1.165) is 16.3 Å². The molecule has 3 amide bonds. The summed E-state index contributed by atoms with van der Waals surface area (Å²) in [5.74, 6) is -4.59. The Balaban J connectivity index is 2.32. The predicted octanol–water partition coefficient (Wildman–Crippen LogP) is -2.74. The highest BCUT2D eigenvalue weighted by Gasteiger charge is 2.45. The van der Waals surface area contributed by atoms with Gasteiger partial charge in [0.2, 0.25) is 21.8 Å². The maximum atomic E-state index is 13.0.